The molecule has 0 saturated heterocycles. The Kier molecular flexibility index (Phi) is 6.27. The first-order valence-corrected chi connectivity index (χ1v) is 9.57. The Balaban J connectivity index is 1.66. The highest BCUT2D eigenvalue weighted by atomic mass is 35.5. The quantitative estimate of drug-likeness (QED) is 0.606. The number of hydrogen-bond acceptors (Lipinski definition) is 3. The molecule has 1 unspecified atom stereocenters. The fraction of sp³-hybridized carbons (Fsp3) is 0.238. The van der Waals surface area contributed by atoms with Crippen molar-refractivity contribution in [2.45, 2.75) is 26.5 Å². The van der Waals surface area contributed by atoms with Gasteiger partial charge in [0.25, 0.3) is 5.91 Å². The Morgan fingerprint density at radius 1 is 1.25 bits per heavy atom. The second-order valence-electron chi connectivity index (χ2n) is 6.60. The number of halogens is 2. The second kappa shape index (κ2) is 8.67. The molecule has 28 heavy (non-hydrogen) atoms. The van der Waals surface area contributed by atoms with Crippen molar-refractivity contribution in [1.82, 2.24) is 15.1 Å². The van der Waals surface area contributed by atoms with Crippen molar-refractivity contribution < 1.29 is 9.53 Å². The molecule has 0 spiro atoms. The first kappa shape index (κ1) is 20.2. The van der Waals surface area contributed by atoms with Gasteiger partial charge in [-0.3, -0.25) is 9.48 Å². The van der Waals surface area contributed by atoms with Crippen molar-refractivity contribution in [3.8, 4) is 5.75 Å². The predicted octanol–water partition coefficient (Wildman–Crippen LogP) is 5.11. The number of carbonyl (C=O) groups excluding carboxylic acids is 1. The Morgan fingerprint density at radius 2 is 2.04 bits per heavy atom. The Labute approximate surface area is 174 Å². The van der Waals surface area contributed by atoms with Crippen LogP contribution in [0.1, 0.15) is 40.1 Å². The first-order chi connectivity index (χ1) is 13.3. The van der Waals surface area contributed by atoms with E-state index in [1.807, 2.05) is 45.3 Å². The van der Waals surface area contributed by atoms with Gasteiger partial charge in [-0.05, 0) is 49.7 Å². The molecule has 0 aliphatic heterocycles. The van der Waals surface area contributed by atoms with E-state index in [9.17, 15) is 4.79 Å². The number of aryl methyl sites for hydroxylation is 2. The van der Waals surface area contributed by atoms with E-state index < -0.39 is 0 Å². The highest BCUT2D eigenvalue weighted by molar-refractivity contribution is 6.35. The topological polar surface area (TPSA) is 56.2 Å². The van der Waals surface area contributed by atoms with Crippen LogP contribution in [0, 0.1) is 6.92 Å². The fourth-order valence-corrected chi connectivity index (χ4v) is 3.42. The molecule has 0 bridgehead atoms. The maximum absolute atomic E-state index is 12.6. The zero-order valence-corrected chi connectivity index (χ0v) is 17.4. The van der Waals surface area contributed by atoms with Gasteiger partial charge in [0.15, 0.2) is 0 Å². The molecule has 1 N–H and O–H groups in total. The summed E-state index contributed by atoms with van der Waals surface area (Å²) in [6.45, 7) is 4.16. The summed E-state index contributed by atoms with van der Waals surface area (Å²) in [7, 11) is 1.86. The maximum Gasteiger partial charge on any atom is 0.251 e. The lowest BCUT2D eigenvalue weighted by Gasteiger charge is -2.14. The van der Waals surface area contributed by atoms with Gasteiger partial charge in [-0.25, -0.2) is 0 Å². The molecule has 1 amide bonds. The number of amides is 1. The van der Waals surface area contributed by atoms with Crippen LogP contribution in [0.3, 0.4) is 0 Å². The van der Waals surface area contributed by atoms with Crippen LogP contribution in [0.2, 0.25) is 10.0 Å². The van der Waals surface area contributed by atoms with E-state index in [0.717, 1.165) is 16.8 Å². The summed E-state index contributed by atoms with van der Waals surface area (Å²) < 4.78 is 7.49. The zero-order chi connectivity index (χ0) is 20.3. The highest BCUT2D eigenvalue weighted by Crippen LogP contribution is 2.28. The largest absolute Gasteiger partial charge is 0.487 e. The van der Waals surface area contributed by atoms with Crippen LogP contribution >= 0.6 is 23.2 Å². The normalized spacial score (nSPS) is 11.9. The Hall–Kier alpha value is -2.50. The van der Waals surface area contributed by atoms with Crippen molar-refractivity contribution >= 4 is 29.1 Å². The summed E-state index contributed by atoms with van der Waals surface area (Å²) in [5.74, 6) is 0.392. The Bertz CT molecular complexity index is 1000. The van der Waals surface area contributed by atoms with Gasteiger partial charge in [-0.2, -0.15) is 5.10 Å². The third-order valence-electron chi connectivity index (χ3n) is 4.34. The third-order valence-corrected chi connectivity index (χ3v) is 4.87. The maximum atomic E-state index is 12.6. The summed E-state index contributed by atoms with van der Waals surface area (Å²) >= 11 is 12.0. The molecule has 0 saturated carbocycles. The molecule has 1 atom stereocenters. The van der Waals surface area contributed by atoms with Gasteiger partial charge in [-0.15, -0.1) is 0 Å². The second-order valence-corrected chi connectivity index (χ2v) is 7.45. The number of carbonyl (C=O) groups is 1. The number of aromatic nitrogens is 2. The molecular formula is C21H21Cl2N3O2. The molecule has 1 aromatic heterocycles. The van der Waals surface area contributed by atoms with Crippen LogP contribution in [0.15, 0.2) is 48.7 Å². The summed E-state index contributed by atoms with van der Waals surface area (Å²) in [6.07, 6.45) is 1.92. The molecule has 7 heteroatoms. The molecule has 0 fully saturated rings. The molecule has 3 aromatic rings. The SMILES string of the molecule is Cc1nn(C)cc1C(C)NC(=O)c1cccc(COc2ccc(Cl)cc2Cl)c1. The average molecular weight is 418 g/mol. The van der Waals surface area contributed by atoms with Crippen molar-refractivity contribution in [1.29, 1.82) is 0 Å². The number of hydrogen-bond donors (Lipinski definition) is 1. The van der Waals surface area contributed by atoms with Gasteiger partial charge in [0.2, 0.25) is 0 Å². The van der Waals surface area contributed by atoms with Crippen LogP contribution in [0.25, 0.3) is 0 Å². The van der Waals surface area contributed by atoms with Crippen LogP contribution in [-0.4, -0.2) is 15.7 Å². The lowest BCUT2D eigenvalue weighted by Crippen LogP contribution is -2.27. The van der Waals surface area contributed by atoms with Crippen molar-refractivity contribution in [2.24, 2.45) is 7.05 Å². The minimum Gasteiger partial charge on any atom is -0.487 e. The van der Waals surface area contributed by atoms with E-state index in [0.29, 0.717) is 28.0 Å². The van der Waals surface area contributed by atoms with Crippen LogP contribution in [0.5, 0.6) is 5.75 Å². The van der Waals surface area contributed by atoms with Gasteiger partial charge in [0, 0.05) is 29.4 Å². The molecule has 0 aliphatic carbocycles. The molecule has 1 heterocycles. The van der Waals surface area contributed by atoms with Crippen molar-refractivity contribution in [2.75, 3.05) is 0 Å². The van der Waals surface area contributed by atoms with E-state index in [1.165, 1.54) is 0 Å². The van der Waals surface area contributed by atoms with E-state index in [4.69, 9.17) is 27.9 Å². The van der Waals surface area contributed by atoms with Crippen LogP contribution in [-0.2, 0) is 13.7 Å². The molecular weight excluding hydrogens is 397 g/mol. The summed E-state index contributed by atoms with van der Waals surface area (Å²) in [4.78, 5) is 12.6. The van der Waals surface area contributed by atoms with Gasteiger partial charge in [-0.1, -0.05) is 35.3 Å². The standard InChI is InChI=1S/C21H21Cl2N3O2/c1-13(18-11-26(3)25-14(18)2)24-21(27)16-6-4-5-15(9-16)12-28-20-8-7-17(22)10-19(20)23/h4-11,13H,12H2,1-3H3,(H,24,27). The van der Waals surface area contributed by atoms with Crippen LogP contribution < -0.4 is 10.1 Å². The zero-order valence-electron chi connectivity index (χ0n) is 15.9. The lowest BCUT2D eigenvalue weighted by atomic mass is 10.1. The summed E-state index contributed by atoms with van der Waals surface area (Å²) in [6, 6.07) is 12.2. The number of nitrogens with one attached hydrogen (secondary N) is 1. The van der Waals surface area contributed by atoms with Gasteiger partial charge in [0.05, 0.1) is 16.8 Å². The fourth-order valence-electron chi connectivity index (χ4n) is 2.96. The Morgan fingerprint density at radius 3 is 2.71 bits per heavy atom. The minimum absolute atomic E-state index is 0.144. The smallest absolute Gasteiger partial charge is 0.251 e. The first-order valence-electron chi connectivity index (χ1n) is 8.81. The predicted molar refractivity (Wildman–Crippen MR) is 111 cm³/mol. The van der Waals surface area contributed by atoms with Gasteiger partial charge in [0.1, 0.15) is 12.4 Å². The third kappa shape index (κ3) is 4.86. The molecule has 2 aromatic carbocycles. The monoisotopic (exact) mass is 417 g/mol. The van der Waals surface area contributed by atoms with E-state index in [1.54, 1.807) is 28.9 Å². The summed E-state index contributed by atoms with van der Waals surface area (Å²) in [5.41, 5.74) is 3.32. The molecule has 0 aliphatic rings. The van der Waals surface area contributed by atoms with Gasteiger partial charge < -0.3 is 10.1 Å². The van der Waals surface area contributed by atoms with Crippen molar-refractivity contribution in [3.05, 3.63) is 81.1 Å². The van der Waals surface area contributed by atoms with Gasteiger partial charge >= 0.3 is 0 Å². The van der Waals surface area contributed by atoms with Crippen molar-refractivity contribution in [3.63, 3.8) is 0 Å². The number of benzene rings is 2. The van der Waals surface area contributed by atoms with Crippen LogP contribution in [0.4, 0.5) is 0 Å². The molecule has 5 nitrogen and oxygen atoms in total. The van der Waals surface area contributed by atoms with E-state index in [2.05, 4.69) is 10.4 Å². The number of nitrogens with zero attached hydrogens (tertiary/aromatic N) is 2. The van der Waals surface area contributed by atoms with E-state index in [-0.39, 0.29) is 11.9 Å². The molecule has 146 valence electrons. The average Bonchev–Trinajstić information content (AvgIpc) is 2.99. The lowest BCUT2D eigenvalue weighted by molar-refractivity contribution is 0.0939. The minimum atomic E-state index is -0.151. The molecule has 0 radical (unpaired) electrons. The number of ether oxygens (including phenoxy) is 1. The highest BCUT2D eigenvalue weighted by Gasteiger charge is 2.16. The molecule has 3 rings (SSSR count). The number of rotatable bonds is 6. The summed E-state index contributed by atoms with van der Waals surface area (Å²) in [5, 5.41) is 8.33. The van der Waals surface area contributed by atoms with E-state index >= 15 is 0 Å².